The minimum atomic E-state index is 0.523. The Balaban J connectivity index is 1.53. The third-order valence-corrected chi connectivity index (χ3v) is 4.57. The van der Waals surface area contributed by atoms with E-state index in [-0.39, 0.29) is 0 Å². The van der Waals surface area contributed by atoms with E-state index in [1.165, 1.54) is 16.9 Å². The lowest BCUT2D eigenvalue weighted by molar-refractivity contribution is 0.393. The molecule has 2 heterocycles. The lowest BCUT2D eigenvalue weighted by atomic mass is 9.99. The highest BCUT2D eigenvalue weighted by Gasteiger charge is 2.31. The van der Waals surface area contributed by atoms with Gasteiger partial charge in [0.2, 0.25) is 0 Å². The molecule has 0 unspecified atom stereocenters. The predicted octanol–water partition coefficient (Wildman–Crippen LogP) is 2.50. The second-order valence-electron chi connectivity index (χ2n) is 6.00. The zero-order valence-corrected chi connectivity index (χ0v) is 12.1. The van der Waals surface area contributed by atoms with Crippen LogP contribution >= 0.6 is 0 Å². The number of nitrogens with zero attached hydrogens (tertiary/aromatic N) is 1. The Morgan fingerprint density at radius 1 is 0.952 bits per heavy atom. The molecule has 0 bridgehead atoms. The van der Waals surface area contributed by atoms with Crippen LogP contribution in [0.5, 0.6) is 0 Å². The third kappa shape index (κ3) is 2.49. The fraction of sp³-hybridized carbons (Fsp3) is 0.333. The number of fused-ring (bicyclic) bond motifs is 3. The first-order valence-corrected chi connectivity index (χ1v) is 7.77. The summed E-state index contributed by atoms with van der Waals surface area (Å²) in [6, 6.07) is 20.5. The van der Waals surface area contributed by atoms with Gasteiger partial charge < -0.3 is 15.5 Å². The van der Waals surface area contributed by atoms with Gasteiger partial charge in [-0.2, -0.15) is 0 Å². The zero-order valence-electron chi connectivity index (χ0n) is 12.1. The SMILES string of the molecule is c1ccc(C[C@H]2CN3c4ccccc4NC[C@H]3CN2)cc1. The molecule has 2 aromatic rings. The van der Waals surface area contributed by atoms with Crippen LogP contribution in [-0.4, -0.2) is 31.7 Å². The fourth-order valence-electron chi connectivity index (χ4n) is 3.48. The van der Waals surface area contributed by atoms with Crippen LogP contribution < -0.4 is 15.5 Å². The number of hydrogen-bond donors (Lipinski definition) is 2. The van der Waals surface area contributed by atoms with Crippen LogP contribution in [0.3, 0.4) is 0 Å². The summed E-state index contributed by atoms with van der Waals surface area (Å²) in [5.74, 6) is 0. The molecule has 2 aliphatic rings. The lowest BCUT2D eigenvalue weighted by Crippen LogP contribution is -2.60. The largest absolute Gasteiger partial charge is 0.381 e. The van der Waals surface area contributed by atoms with Crippen LogP contribution in [0.25, 0.3) is 0 Å². The molecule has 2 aliphatic heterocycles. The number of rotatable bonds is 2. The lowest BCUT2D eigenvalue weighted by Gasteiger charge is -2.45. The Labute approximate surface area is 126 Å². The average Bonchev–Trinajstić information content (AvgIpc) is 2.56. The quantitative estimate of drug-likeness (QED) is 0.884. The van der Waals surface area contributed by atoms with Crippen molar-refractivity contribution >= 4 is 11.4 Å². The first-order chi connectivity index (χ1) is 10.4. The molecule has 3 nitrogen and oxygen atoms in total. The van der Waals surface area contributed by atoms with Crippen LogP contribution in [0.15, 0.2) is 54.6 Å². The number of anilines is 2. The van der Waals surface area contributed by atoms with E-state index in [9.17, 15) is 0 Å². The summed E-state index contributed by atoms with van der Waals surface area (Å²) in [5.41, 5.74) is 4.04. The van der Waals surface area contributed by atoms with Crippen molar-refractivity contribution in [3.63, 3.8) is 0 Å². The molecule has 0 spiro atoms. The van der Waals surface area contributed by atoms with Gasteiger partial charge in [0.05, 0.1) is 17.4 Å². The van der Waals surface area contributed by atoms with Gasteiger partial charge in [0.15, 0.2) is 0 Å². The number of para-hydroxylation sites is 2. The van der Waals surface area contributed by atoms with Gasteiger partial charge in [-0.1, -0.05) is 42.5 Å². The second-order valence-corrected chi connectivity index (χ2v) is 6.00. The molecule has 0 aromatic heterocycles. The summed E-state index contributed by atoms with van der Waals surface area (Å²) < 4.78 is 0. The Morgan fingerprint density at radius 3 is 2.67 bits per heavy atom. The first kappa shape index (κ1) is 12.7. The first-order valence-electron chi connectivity index (χ1n) is 7.77. The molecule has 21 heavy (non-hydrogen) atoms. The van der Waals surface area contributed by atoms with Crippen molar-refractivity contribution in [2.75, 3.05) is 29.9 Å². The van der Waals surface area contributed by atoms with Gasteiger partial charge in [-0.05, 0) is 24.1 Å². The van der Waals surface area contributed by atoms with Crippen LogP contribution in [0.2, 0.25) is 0 Å². The van der Waals surface area contributed by atoms with Crippen molar-refractivity contribution in [1.82, 2.24) is 5.32 Å². The highest BCUT2D eigenvalue weighted by Crippen LogP contribution is 2.32. The molecule has 2 atom stereocenters. The van der Waals surface area contributed by atoms with Crippen LogP contribution in [-0.2, 0) is 6.42 Å². The molecule has 1 fully saturated rings. The van der Waals surface area contributed by atoms with Crippen molar-refractivity contribution in [2.45, 2.75) is 18.5 Å². The summed E-state index contributed by atoms with van der Waals surface area (Å²) in [7, 11) is 0. The average molecular weight is 279 g/mol. The maximum Gasteiger partial charge on any atom is 0.0606 e. The van der Waals surface area contributed by atoms with E-state index in [1.54, 1.807) is 0 Å². The minimum absolute atomic E-state index is 0.523. The van der Waals surface area contributed by atoms with Crippen LogP contribution in [0.4, 0.5) is 11.4 Å². The summed E-state index contributed by atoms with van der Waals surface area (Å²) in [6.07, 6.45) is 1.10. The summed E-state index contributed by atoms with van der Waals surface area (Å²) in [5, 5.41) is 7.26. The third-order valence-electron chi connectivity index (χ3n) is 4.57. The highest BCUT2D eigenvalue weighted by molar-refractivity contribution is 5.73. The summed E-state index contributed by atoms with van der Waals surface area (Å²) in [4.78, 5) is 2.58. The number of hydrogen-bond acceptors (Lipinski definition) is 3. The minimum Gasteiger partial charge on any atom is -0.381 e. The molecule has 2 N–H and O–H groups in total. The van der Waals surface area contributed by atoms with Crippen molar-refractivity contribution < 1.29 is 0 Å². The molecular formula is C18H21N3. The van der Waals surface area contributed by atoms with E-state index < -0.39 is 0 Å². The Kier molecular flexibility index (Phi) is 3.28. The molecule has 108 valence electrons. The van der Waals surface area contributed by atoms with Crippen molar-refractivity contribution in [1.29, 1.82) is 0 Å². The molecule has 0 saturated carbocycles. The van der Waals surface area contributed by atoms with E-state index in [0.717, 1.165) is 26.1 Å². The van der Waals surface area contributed by atoms with Gasteiger partial charge in [0.25, 0.3) is 0 Å². The van der Waals surface area contributed by atoms with Crippen molar-refractivity contribution in [2.24, 2.45) is 0 Å². The number of piperazine rings is 1. The maximum absolute atomic E-state index is 3.72. The van der Waals surface area contributed by atoms with Gasteiger partial charge in [-0.15, -0.1) is 0 Å². The van der Waals surface area contributed by atoms with E-state index in [4.69, 9.17) is 0 Å². The normalized spacial score (nSPS) is 23.9. The Hall–Kier alpha value is -2.00. The van der Waals surface area contributed by atoms with Crippen LogP contribution in [0.1, 0.15) is 5.56 Å². The standard InChI is InChI=1S/C18H21N3/c1-2-6-14(7-3-1)10-15-13-21-16(11-19-15)12-20-17-8-4-5-9-18(17)21/h1-9,15-16,19-20H,10-13H2/t15-,16+/m0/s1. The maximum atomic E-state index is 3.72. The van der Waals surface area contributed by atoms with Crippen LogP contribution in [0, 0.1) is 0 Å². The fourth-order valence-corrected chi connectivity index (χ4v) is 3.48. The van der Waals surface area contributed by atoms with E-state index in [2.05, 4.69) is 70.1 Å². The van der Waals surface area contributed by atoms with Gasteiger partial charge in [-0.25, -0.2) is 0 Å². The molecule has 3 heteroatoms. The number of nitrogens with one attached hydrogen (secondary N) is 2. The van der Waals surface area contributed by atoms with Crippen molar-refractivity contribution in [3.05, 3.63) is 60.2 Å². The Bertz CT molecular complexity index is 611. The van der Waals surface area contributed by atoms with E-state index in [0.29, 0.717) is 12.1 Å². The molecule has 0 radical (unpaired) electrons. The Morgan fingerprint density at radius 2 is 1.76 bits per heavy atom. The van der Waals surface area contributed by atoms with Gasteiger partial charge >= 0.3 is 0 Å². The topological polar surface area (TPSA) is 27.3 Å². The summed E-state index contributed by atoms with van der Waals surface area (Å²) >= 11 is 0. The van der Waals surface area contributed by atoms with Gasteiger partial charge in [0, 0.05) is 25.7 Å². The highest BCUT2D eigenvalue weighted by atomic mass is 15.3. The molecule has 4 rings (SSSR count). The summed E-state index contributed by atoms with van der Waals surface area (Å²) in [6.45, 7) is 3.17. The van der Waals surface area contributed by atoms with Crippen molar-refractivity contribution in [3.8, 4) is 0 Å². The molecule has 2 aromatic carbocycles. The predicted molar refractivity (Wildman–Crippen MR) is 88.0 cm³/mol. The second kappa shape index (κ2) is 5.41. The molecule has 0 aliphatic carbocycles. The van der Waals surface area contributed by atoms with E-state index in [1.807, 2.05) is 0 Å². The number of benzene rings is 2. The van der Waals surface area contributed by atoms with Gasteiger partial charge in [0.1, 0.15) is 0 Å². The van der Waals surface area contributed by atoms with Gasteiger partial charge in [-0.3, -0.25) is 0 Å². The smallest absolute Gasteiger partial charge is 0.0606 e. The molecule has 1 saturated heterocycles. The molecule has 0 amide bonds. The van der Waals surface area contributed by atoms with E-state index >= 15 is 0 Å². The monoisotopic (exact) mass is 279 g/mol. The zero-order chi connectivity index (χ0) is 14.1. The molecular weight excluding hydrogens is 258 g/mol.